The minimum atomic E-state index is -0.277. The normalized spacial score (nSPS) is 12.6. The number of nitrogens with two attached hydrogens (primary N) is 1. The molecule has 0 aliphatic rings. The van der Waals surface area contributed by atoms with Crippen LogP contribution < -0.4 is 11.1 Å². The van der Waals surface area contributed by atoms with Crippen LogP contribution in [0.1, 0.15) is 19.1 Å². The fourth-order valence-corrected chi connectivity index (χ4v) is 2.27. The van der Waals surface area contributed by atoms with E-state index in [1.54, 1.807) is 18.0 Å². The van der Waals surface area contributed by atoms with Crippen molar-refractivity contribution in [2.75, 3.05) is 12.3 Å². The van der Waals surface area contributed by atoms with Gasteiger partial charge in [-0.25, -0.2) is 0 Å². The fraction of sp³-hybridized carbons (Fsp3) is 0.545. The molecule has 0 saturated carbocycles. The van der Waals surface area contributed by atoms with Crippen molar-refractivity contribution in [2.45, 2.75) is 25.1 Å². The molecule has 0 fully saturated rings. The summed E-state index contributed by atoms with van der Waals surface area (Å²) in [4.78, 5) is 11.0. The lowest BCUT2D eigenvalue weighted by molar-refractivity contribution is -0.120. The Bertz CT molecular complexity index is 301. The fourth-order valence-electron chi connectivity index (χ4n) is 1.36. The SMILES string of the molecule is CCNC(CCSCc1ccco1)C(N)=O. The van der Waals surface area contributed by atoms with E-state index in [4.69, 9.17) is 10.2 Å². The van der Waals surface area contributed by atoms with Gasteiger partial charge in [-0.3, -0.25) is 4.79 Å². The standard InChI is InChI=1S/C11H18N2O2S/c1-2-13-10(11(12)14)5-7-16-8-9-4-3-6-15-9/h3-4,6,10,13H,2,5,7-8H2,1H3,(H2,12,14). The molecule has 4 nitrogen and oxygen atoms in total. The van der Waals surface area contributed by atoms with E-state index in [0.29, 0.717) is 0 Å². The zero-order valence-electron chi connectivity index (χ0n) is 9.44. The second-order valence-corrected chi connectivity index (χ2v) is 4.54. The van der Waals surface area contributed by atoms with Gasteiger partial charge in [0.15, 0.2) is 0 Å². The molecule has 0 saturated heterocycles. The molecule has 1 heterocycles. The van der Waals surface area contributed by atoms with Crippen molar-refractivity contribution in [2.24, 2.45) is 5.73 Å². The average molecular weight is 242 g/mol. The van der Waals surface area contributed by atoms with Crippen molar-refractivity contribution in [3.05, 3.63) is 24.2 Å². The molecule has 5 heteroatoms. The number of hydrogen-bond donors (Lipinski definition) is 2. The Balaban J connectivity index is 2.15. The summed E-state index contributed by atoms with van der Waals surface area (Å²) in [5, 5.41) is 3.06. The lowest BCUT2D eigenvalue weighted by Gasteiger charge is -2.13. The van der Waals surface area contributed by atoms with Gasteiger partial charge in [0.25, 0.3) is 0 Å². The molecule has 0 aliphatic heterocycles. The molecule has 0 aromatic carbocycles. The third-order valence-electron chi connectivity index (χ3n) is 2.17. The van der Waals surface area contributed by atoms with E-state index in [2.05, 4.69) is 5.32 Å². The Morgan fingerprint density at radius 2 is 2.50 bits per heavy atom. The highest BCUT2D eigenvalue weighted by Crippen LogP contribution is 2.13. The first kappa shape index (κ1) is 13.1. The molecule has 90 valence electrons. The number of carbonyl (C=O) groups is 1. The number of carbonyl (C=O) groups excluding carboxylic acids is 1. The Labute approximate surface area is 100.0 Å². The molecule has 0 aliphatic carbocycles. The van der Waals surface area contributed by atoms with Crippen LogP contribution in [-0.2, 0) is 10.5 Å². The predicted molar refractivity (Wildman–Crippen MR) is 66.1 cm³/mol. The third kappa shape index (κ3) is 4.72. The quantitative estimate of drug-likeness (QED) is 0.676. The van der Waals surface area contributed by atoms with Crippen LogP contribution in [0.4, 0.5) is 0 Å². The first-order chi connectivity index (χ1) is 7.74. The van der Waals surface area contributed by atoms with Crippen LogP contribution in [0.2, 0.25) is 0 Å². The minimum absolute atomic E-state index is 0.214. The Morgan fingerprint density at radius 1 is 1.69 bits per heavy atom. The summed E-state index contributed by atoms with van der Waals surface area (Å²) in [5.41, 5.74) is 5.27. The first-order valence-electron chi connectivity index (χ1n) is 5.37. The van der Waals surface area contributed by atoms with Crippen LogP contribution in [0.5, 0.6) is 0 Å². The zero-order chi connectivity index (χ0) is 11.8. The van der Waals surface area contributed by atoms with Gasteiger partial charge in [-0.2, -0.15) is 11.8 Å². The number of hydrogen-bond acceptors (Lipinski definition) is 4. The van der Waals surface area contributed by atoms with Gasteiger partial charge in [0.1, 0.15) is 5.76 Å². The van der Waals surface area contributed by atoms with Crippen molar-refractivity contribution < 1.29 is 9.21 Å². The number of nitrogens with one attached hydrogen (secondary N) is 1. The van der Waals surface area contributed by atoms with Crippen molar-refractivity contribution in [3.63, 3.8) is 0 Å². The Kier molecular flexibility index (Phi) is 6.03. The molecular formula is C11H18N2O2S. The van der Waals surface area contributed by atoms with E-state index in [9.17, 15) is 4.79 Å². The smallest absolute Gasteiger partial charge is 0.234 e. The maximum atomic E-state index is 11.0. The van der Waals surface area contributed by atoms with Crippen LogP contribution in [0.3, 0.4) is 0 Å². The topological polar surface area (TPSA) is 68.3 Å². The molecule has 1 amide bonds. The van der Waals surface area contributed by atoms with Crippen molar-refractivity contribution in [3.8, 4) is 0 Å². The Hall–Kier alpha value is -0.940. The largest absolute Gasteiger partial charge is 0.468 e. The monoisotopic (exact) mass is 242 g/mol. The summed E-state index contributed by atoms with van der Waals surface area (Å²) >= 11 is 1.74. The average Bonchev–Trinajstić information content (AvgIpc) is 2.75. The van der Waals surface area contributed by atoms with E-state index in [1.807, 2.05) is 19.1 Å². The minimum Gasteiger partial charge on any atom is -0.468 e. The number of furan rings is 1. The summed E-state index contributed by atoms with van der Waals surface area (Å²) in [5.74, 6) is 2.41. The van der Waals surface area contributed by atoms with E-state index in [1.165, 1.54) is 0 Å². The third-order valence-corrected chi connectivity index (χ3v) is 3.18. The summed E-state index contributed by atoms with van der Waals surface area (Å²) < 4.78 is 5.21. The van der Waals surface area contributed by atoms with Crippen LogP contribution >= 0.6 is 11.8 Å². The van der Waals surface area contributed by atoms with Crippen molar-refractivity contribution in [1.29, 1.82) is 0 Å². The van der Waals surface area contributed by atoms with Gasteiger partial charge in [-0.15, -0.1) is 0 Å². The van der Waals surface area contributed by atoms with Gasteiger partial charge in [0, 0.05) is 0 Å². The summed E-state index contributed by atoms with van der Waals surface area (Å²) in [6, 6.07) is 3.61. The van der Waals surface area contributed by atoms with Gasteiger partial charge < -0.3 is 15.5 Å². The lowest BCUT2D eigenvalue weighted by Crippen LogP contribution is -2.41. The van der Waals surface area contributed by atoms with E-state index < -0.39 is 0 Å². The number of rotatable bonds is 8. The lowest BCUT2D eigenvalue weighted by atomic mass is 10.2. The molecule has 1 atom stereocenters. The molecule has 0 radical (unpaired) electrons. The summed E-state index contributed by atoms with van der Waals surface area (Å²) in [6.45, 7) is 2.72. The van der Waals surface area contributed by atoms with Crippen molar-refractivity contribution >= 4 is 17.7 Å². The summed E-state index contributed by atoms with van der Waals surface area (Å²) in [6.07, 6.45) is 2.43. The molecule has 1 aromatic heterocycles. The van der Waals surface area contributed by atoms with E-state index >= 15 is 0 Å². The molecule has 1 aromatic rings. The molecule has 0 spiro atoms. The molecular weight excluding hydrogens is 224 g/mol. The van der Waals surface area contributed by atoms with Gasteiger partial charge in [0.05, 0.1) is 18.1 Å². The highest BCUT2D eigenvalue weighted by Gasteiger charge is 2.12. The molecule has 1 unspecified atom stereocenters. The van der Waals surface area contributed by atoms with Crippen LogP contribution in [0.15, 0.2) is 22.8 Å². The number of amides is 1. The molecule has 1 rings (SSSR count). The van der Waals surface area contributed by atoms with Gasteiger partial charge in [-0.1, -0.05) is 6.92 Å². The van der Waals surface area contributed by atoms with Crippen LogP contribution in [0, 0.1) is 0 Å². The highest BCUT2D eigenvalue weighted by molar-refractivity contribution is 7.98. The maximum absolute atomic E-state index is 11.0. The highest BCUT2D eigenvalue weighted by atomic mass is 32.2. The molecule has 3 N–H and O–H groups in total. The number of thioether (sulfide) groups is 1. The van der Waals surface area contributed by atoms with Crippen LogP contribution in [-0.4, -0.2) is 24.2 Å². The van der Waals surface area contributed by atoms with Gasteiger partial charge in [-0.05, 0) is 30.9 Å². The number of likely N-dealkylation sites (N-methyl/N-ethyl adjacent to an activating group) is 1. The molecule has 0 bridgehead atoms. The maximum Gasteiger partial charge on any atom is 0.234 e. The second-order valence-electron chi connectivity index (χ2n) is 3.43. The predicted octanol–water partition coefficient (Wildman–Crippen LogP) is 1.37. The van der Waals surface area contributed by atoms with Gasteiger partial charge in [0.2, 0.25) is 5.91 Å². The zero-order valence-corrected chi connectivity index (χ0v) is 10.3. The second kappa shape index (κ2) is 7.35. The Morgan fingerprint density at radius 3 is 3.06 bits per heavy atom. The van der Waals surface area contributed by atoms with Crippen LogP contribution in [0.25, 0.3) is 0 Å². The summed E-state index contributed by atoms with van der Waals surface area (Å²) in [7, 11) is 0. The number of primary amides is 1. The molecule has 16 heavy (non-hydrogen) atoms. The van der Waals surface area contributed by atoms with Gasteiger partial charge >= 0.3 is 0 Å². The van der Waals surface area contributed by atoms with Crippen molar-refractivity contribution in [1.82, 2.24) is 5.32 Å². The van der Waals surface area contributed by atoms with E-state index in [0.717, 1.165) is 30.2 Å². The van der Waals surface area contributed by atoms with E-state index in [-0.39, 0.29) is 11.9 Å². The first-order valence-corrected chi connectivity index (χ1v) is 6.52.